The number of rotatable bonds is 4. The van der Waals surface area contributed by atoms with Crippen molar-refractivity contribution < 1.29 is 5.11 Å². The third kappa shape index (κ3) is 3.69. The van der Waals surface area contributed by atoms with Crippen molar-refractivity contribution in [2.24, 2.45) is 0 Å². The van der Waals surface area contributed by atoms with Crippen LogP contribution in [0.15, 0.2) is 35.9 Å². The summed E-state index contributed by atoms with van der Waals surface area (Å²) in [4.78, 5) is 2.41. The number of likely N-dealkylation sites (tertiary alicyclic amines) is 1. The van der Waals surface area contributed by atoms with Gasteiger partial charge in [-0.3, -0.25) is 4.90 Å². The van der Waals surface area contributed by atoms with E-state index in [0.717, 1.165) is 19.5 Å². The zero-order chi connectivity index (χ0) is 12.8. The zero-order valence-electron chi connectivity index (χ0n) is 11.2. The second-order valence-electron chi connectivity index (χ2n) is 5.20. The number of hydrogen-bond acceptors (Lipinski definition) is 2. The van der Waals surface area contributed by atoms with Crippen LogP contribution in [-0.2, 0) is 0 Å². The van der Waals surface area contributed by atoms with E-state index in [1.807, 2.05) is 6.07 Å². The average molecular weight is 245 g/mol. The first-order chi connectivity index (χ1) is 8.79. The lowest BCUT2D eigenvalue weighted by atomic mass is 10.0. The molecule has 2 nitrogen and oxygen atoms in total. The SMILES string of the molecule is CC(=Cc1ccccc1)CN1CCCCC1CO. The lowest BCUT2D eigenvalue weighted by Gasteiger charge is -2.34. The molecular weight excluding hydrogens is 222 g/mol. The van der Waals surface area contributed by atoms with Crippen LogP contribution >= 0.6 is 0 Å². The largest absolute Gasteiger partial charge is 0.395 e. The maximum atomic E-state index is 9.40. The van der Waals surface area contributed by atoms with E-state index >= 15 is 0 Å². The molecule has 98 valence electrons. The summed E-state index contributed by atoms with van der Waals surface area (Å²) in [7, 11) is 0. The molecule has 0 bridgehead atoms. The van der Waals surface area contributed by atoms with Gasteiger partial charge in [-0.05, 0) is 31.9 Å². The predicted octanol–water partition coefficient (Wildman–Crippen LogP) is 2.94. The van der Waals surface area contributed by atoms with Crippen LogP contribution in [0, 0.1) is 0 Å². The van der Waals surface area contributed by atoms with E-state index in [1.54, 1.807) is 0 Å². The summed E-state index contributed by atoms with van der Waals surface area (Å²) in [5.41, 5.74) is 2.62. The maximum absolute atomic E-state index is 9.40. The summed E-state index contributed by atoms with van der Waals surface area (Å²) in [6.07, 6.45) is 5.89. The molecule has 1 unspecified atom stereocenters. The molecule has 18 heavy (non-hydrogen) atoms. The summed E-state index contributed by atoms with van der Waals surface area (Å²) < 4.78 is 0. The van der Waals surface area contributed by atoms with E-state index in [-0.39, 0.29) is 0 Å². The molecule has 2 heteroatoms. The molecule has 1 saturated heterocycles. The second kappa shape index (κ2) is 6.72. The first-order valence-corrected chi connectivity index (χ1v) is 6.86. The molecule has 2 rings (SSSR count). The van der Waals surface area contributed by atoms with Gasteiger partial charge in [-0.1, -0.05) is 48.4 Å². The van der Waals surface area contributed by atoms with Crippen molar-refractivity contribution >= 4 is 6.08 Å². The van der Waals surface area contributed by atoms with Gasteiger partial charge in [-0.15, -0.1) is 0 Å². The van der Waals surface area contributed by atoms with E-state index in [2.05, 4.69) is 42.2 Å². The van der Waals surface area contributed by atoms with Gasteiger partial charge in [0, 0.05) is 12.6 Å². The number of nitrogens with zero attached hydrogens (tertiary/aromatic N) is 1. The van der Waals surface area contributed by atoms with Crippen LogP contribution < -0.4 is 0 Å². The Morgan fingerprint density at radius 1 is 1.33 bits per heavy atom. The molecule has 1 atom stereocenters. The van der Waals surface area contributed by atoms with Crippen molar-refractivity contribution in [1.82, 2.24) is 4.90 Å². The Labute approximate surface area is 110 Å². The second-order valence-corrected chi connectivity index (χ2v) is 5.20. The molecule has 0 radical (unpaired) electrons. The molecule has 1 aromatic carbocycles. The van der Waals surface area contributed by atoms with Gasteiger partial charge in [0.05, 0.1) is 6.61 Å². The lowest BCUT2D eigenvalue weighted by Crippen LogP contribution is -2.42. The van der Waals surface area contributed by atoms with Crippen LogP contribution in [0.5, 0.6) is 0 Å². The van der Waals surface area contributed by atoms with Gasteiger partial charge in [0.25, 0.3) is 0 Å². The molecule has 1 aliphatic rings. The summed E-state index contributed by atoms with van der Waals surface area (Å²) >= 11 is 0. The standard InChI is InChI=1S/C16H23NO/c1-14(11-15-7-3-2-4-8-15)12-17-10-6-5-9-16(17)13-18/h2-4,7-8,11,16,18H,5-6,9-10,12-13H2,1H3. The Balaban J connectivity index is 1.97. The number of hydrogen-bond donors (Lipinski definition) is 1. The fourth-order valence-corrected chi connectivity index (χ4v) is 2.67. The Bertz CT molecular complexity index is 385. The number of aliphatic hydroxyl groups excluding tert-OH is 1. The molecule has 1 heterocycles. The topological polar surface area (TPSA) is 23.5 Å². The molecule has 1 fully saturated rings. The molecule has 1 N–H and O–H groups in total. The number of benzene rings is 1. The van der Waals surface area contributed by atoms with Crippen LogP contribution in [-0.4, -0.2) is 35.7 Å². The van der Waals surface area contributed by atoms with E-state index in [1.165, 1.54) is 24.0 Å². The lowest BCUT2D eigenvalue weighted by molar-refractivity contribution is 0.0988. The van der Waals surface area contributed by atoms with Crippen molar-refractivity contribution in [3.8, 4) is 0 Å². The average Bonchev–Trinajstić information content (AvgIpc) is 2.40. The highest BCUT2D eigenvalue weighted by atomic mass is 16.3. The molecule has 0 spiro atoms. The molecule has 0 saturated carbocycles. The normalized spacial score (nSPS) is 22.1. The third-order valence-corrected chi connectivity index (χ3v) is 3.62. The zero-order valence-corrected chi connectivity index (χ0v) is 11.2. The Kier molecular flexibility index (Phi) is 4.97. The van der Waals surface area contributed by atoms with Crippen molar-refractivity contribution in [2.45, 2.75) is 32.2 Å². The highest BCUT2D eigenvalue weighted by molar-refractivity contribution is 5.52. The monoisotopic (exact) mass is 245 g/mol. The fraction of sp³-hybridized carbons (Fsp3) is 0.500. The molecule has 1 aliphatic heterocycles. The minimum atomic E-state index is 0.290. The van der Waals surface area contributed by atoms with Gasteiger partial charge in [-0.2, -0.15) is 0 Å². The van der Waals surface area contributed by atoms with Crippen LogP contribution in [0.4, 0.5) is 0 Å². The maximum Gasteiger partial charge on any atom is 0.0586 e. The molecule has 1 aromatic rings. The van der Waals surface area contributed by atoms with Gasteiger partial charge in [0.2, 0.25) is 0 Å². The molecular formula is C16H23NO. The highest BCUT2D eigenvalue weighted by Gasteiger charge is 2.21. The van der Waals surface area contributed by atoms with Crippen molar-refractivity contribution in [2.75, 3.05) is 19.7 Å². The van der Waals surface area contributed by atoms with Crippen LogP contribution in [0.2, 0.25) is 0 Å². The van der Waals surface area contributed by atoms with Gasteiger partial charge in [-0.25, -0.2) is 0 Å². The van der Waals surface area contributed by atoms with E-state index in [0.29, 0.717) is 12.6 Å². The minimum absolute atomic E-state index is 0.290. The quantitative estimate of drug-likeness (QED) is 0.881. The first-order valence-electron chi connectivity index (χ1n) is 6.86. The number of aliphatic hydroxyl groups is 1. The van der Waals surface area contributed by atoms with Crippen LogP contribution in [0.25, 0.3) is 6.08 Å². The molecule has 0 aliphatic carbocycles. The summed E-state index contributed by atoms with van der Waals surface area (Å²) in [5, 5.41) is 9.40. The summed E-state index contributed by atoms with van der Waals surface area (Å²) in [5.74, 6) is 0. The van der Waals surface area contributed by atoms with E-state index in [4.69, 9.17) is 0 Å². The highest BCUT2D eigenvalue weighted by Crippen LogP contribution is 2.18. The summed E-state index contributed by atoms with van der Waals surface area (Å²) in [6, 6.07) is 10.8. The van der Waals surface area contributed by atoms with Gasteiger partial charge >= 0.3 is 0 Å². The van der Waals surface area contributed by atoms with E-state index in [9.17, 15) is 5.11 Å². The Morgan fingerprint density at radius 3 is 2.83 bits per heavy atom. The van der Waals surface area contributed by atoms with E-state index < -0.39 is 0 Å². The molecule has 0 amide bonds. The van der Waals surface area contributed by atoms with Crippen LogP contribution in [0.3, 0.4) is 0 Å². The van der Waals surface area contributed by atoms with Gasteiger partial charge in [0.15, 0.2) is 0 Å². The summed E-state index contributed by atoms with van der Waals surface area (Å²) in [6.45, 7) is 4.56. The fourth-order valence-electron chi connectivity index (χ4n) is 2.67. The van der Waals surface area contributed by atoms with Crippen molar-refractivity contribution in [1.29, 1.82) is 0 Å². The Hall–Kier alpha value is -1.12. The van der Waals surface area contributed by atoms with Crippen molar-refractivity contribution in [3.05, 3.63) is 41.5 Å². The van der Waals surface area contributed by atoms with Gasteiger partial charge < -0.3 is 5.11 Å². The smallest absolute Gasteiger partial charge is 0.0586 e. The molecule has 0 aromatic heterocycles. The minimum Gasteiger partial charge on any atom is -0.395 e. The van der Waals surface area contributed by atoms with Gasteiger partial charge in [0.1, 0.15) is 0 Å². The third-order valence-electron chi connectivity index (χ3n) is 3.62. The first kappa shape index (κ1) is 13.3. The Morgan fingerprint density at radius 2 is 2.11 bits per heavy atom. The predicted molar refractivity (Wildman–Crippen MR) is 76.4 cm³/mol. The number of piperidine rings is 1. The van der Waals surface area contributed by atoms with Crippen LogP contribution in [0.1, 0.15) is 31.7 Å². The van der Waals surface area contributed by atoms with Crippen molar-refractivity contribution in [3.63, 3.8) is 0 Å².